The number of hydrogen-bond acceptors (Lipinski definition) is 2. The molecule has 29 heavy (non-hydrogen) atoms. The zero-order chi connectivity index (χ0) is 20.2. The van der Waals surface area contributed by atoms with Crippen molar-refractivity contribution >= 4 is 28.1 Å². The summed E-state index contributed by atoms with van der Waals surface area (Å²) in [5, 5.41) is 6.55. The lowest BCUT2D eigenvalue weighted by Gasteiger charge is -2.13. The van der Waals surface area contributed by atoms with E-state index in [1.54, 1.807) is 0 Å². The molecule has 0 bridgehead atoms. The van der Waals surface area contributed by atoms with Crippen molar-refractivity contribution in [2.45, 2.75) is 27.0 Å². The van der Waals surface area contributed by atoms with Crippen LogP contribution in [0.25, 0.3) is 10.8 Å². The van der Waals surface area contributed by atoms with Crippen LogP contribution >= 0.6 is 11.6 Å². The van der Waals surface area contributed by atoms with Crippen LogP contribution in [0.3, 0.4) is 0 Å². The maximum atomic E-state index is 6.50. The number of fused-ring (bicyclic) bond motifs is 1. The van der Waals surface area contributed by atoms with Gasteiger partial charge in [0.05, 0.1) is 5.02 Å². The number of ether oxygens (including phenoxy) is 1. The van der Waals surface area contributed by atoms with E-state index in [1.807, 2.05) is 12.1 Å². The van der Waals surface area contributed by atoms with Gasteiger partial charge in [-0.1, -0.05) is 72.3 Å². The third-order valence-corrected chi connectivity index (χ3v) is 5.64. The summed E-state index contributed by atoms with van der Waals surface area (Å²) in [4.78, 5) is 0. The van der Waals surface area contributed by atoms with Crippen LogP contribution in [0.5, 0.6) is 5.75 Å². The molecule has 0 saturated carbocycles. The minimum atomic E-state index is 0.487. The van der Waals surface area contributed by atoms with E-state index in [0.29, 0.717) is 23.9 Å². The molecule has 3 heteroatoms. The normalized spacial score (nSPS) is 10.9. The van der Waals surface area contributed by atoms with Gasteiger partial charge in [0.15, 0.2) is 0 Å². The summed E-state index contributed by atoms with van der Waals surface area (Å²) >= 11 is 6.50. The fourth-order valence-corrected chi connectivity index (χ4v) is 3.74. The molecule has 0 fully saturated rings. The molecular formula is C26H24ClNO. The molecule has 0 aliphatic rings. The number of anilines is 1. The summed E-state index contributed by atoms with van der Waals surface area (Å²) in [6.07, 6.45) is 0. The van der Waals surface area contributed by atoms with Gasteiger partial charge >= 0.3 is 0 Å². The first-order chi connectivity index (χ1) is 14.1. The van der Waals surface area contributed by atoms with Crippen LogP contribution in [0.1, 0.15) is 22.3 Å². The van der Waals surface area contributed by atoms with Gasteiger partial charge in [-0.15, -0.1) is 0 Å². The van der Waals surface area contributed by atoms with Gasteiger partial charge < -0.3 is 10.1 Å². The number of rotatable bonds is 6. The summed E-state index contributed by atoms with van der Waals surface area (Å²) in [5.41, 5.74) is 5.98. The van der Waals surface area contributed by atoms with Crippen molar-refractivity contribution in [2.24, 2.45) is 0 Å². The Labute approximate surface area is 177 Å². The van der Waals surface area contributed by atoms with Crippen molar-refractivity contribution in [1.29, 1.82) is 0 Å². The first kappa shape index (κ1) is 19.4. The Kier molecular flexibility index (Phi) is 5.73. The predicted octanol–water partition coefficient (Wildman–Crippen LogP) is 7.30. The van der Waals surface area contributed by atoms with Crippen molar-refractivity contribution < 1.29 is 4.74 Å². The molecule has 2 nitrogen and oxygen atoms in total. The predicted molar refractivity (Wildman–Crippen MR) is 123 cm³/mol. The topological polar surface area (TPSA) is 21.3 Å². The fraction of sp³-hybridized carbons (Fsp3) is 0.154. The summed E-state index contributed by atoms with van der Waals surface area (Å²) in [6.45, 7) is 5.46. The standard InChI is InChI=1S/C26H24ClNO/c1-18-7-5-12-25(19(18)2)28-16-20-13-14-26(24(27)15-20)29-17-22-10-6-9-21-8-3-4-11-23(21)22/h3-15,28H,16-17H2,1-2H3. The second-order valence-electron chi connectivity index (χ2n) is 7.29. The highest BCUT2D eigenvalue weighted by Gasteiger charge is 2.07. The maximum absolute atomic E-state index is 6.50. The molecule has 0 amide bonds. The van der Waals surface area contributed by atoms with E-state index >= 15 is 0 Å². The van der Waals surface area contributed by atoms with Crippen molar-refractivity contribution in [3.8, 4) is 5.75 Å². The molecule has 146 valence electrons. The van der Waals surface area contributed by atoms with Crippen LogP contribution in [0.2, 0.25) is 5.02 Å². The number of aryl methyl sites for hydroxylation is 1. The Bertz CT molecular complexity index is 1150. The summed E-state index contributed by atoms with van der Waals surface area (Å²) < 4.78 is 6.03. The molecule has 0 aliphatic carbocycles. The van der Waals surface area contributed by atoms with Gasteiger partial charge in [0.2, 0.25) is 0 Å². The molecule has 0 saturated heterocycles. The Morgan fingerprint density at radius 1 is 0.862 bits per heavy atom. The second-order valence-corrected chi connectivity index (χ2v) is 7.70. The van der Waals surface area contributed by atoms with E-state index < -0.39 is 0 Å². The van der Waals surface area contributed by atoms with Crippen molar-refractivity contribution in [2.75, 3.05) is 5.32 Å². The van der Waals surface area contributed by atoms with E-state index in [9.17, 15) is 0 Å². The van der Waals surface area contributed by atoms with Gasteiger partial charge in [0.1, 0.15) is 12.4 Å². The Balaban J connectivity index is 1.44. The van der Waals surface area contributed by atoms with Crippen LogP contribution in [-0.4, -0.2) is 0 Å². The third kappa shape index (κ3) is 4.38. The molecule has 0 unspecified atom stereocenters. The number of benzene rings is 4. The molecular weight excluding hydrogens is 378 g/mol. The van der Waals surface area contributed by atoms with Gasteiger partial charge in [-0.05, 0) is 65.1 Å². The van der Waals surface area contributed by atoms with Crippen LogP contribution in [0.4, 0.5) is 5.69 Å². The molecule has 1 N–H and O–H groups in total. The summed E-state index contributed by atoms with van der Waals surface area (Å²) in [5.74, 6) is 0.704. The second kappa shape index (κ2) is 8.59. The Morgan fingerprint density at radius 3 is 2.52 bits per heavy atom. The Morgan fingerprint density at radius 2 is 1.66 bits per heavy atom. The van der Waals surface area contributed by atoms with Crippen LogP contribution in [0, 0.1) is 13.8 Å². The van der Waals surface area contributed by atoms with E-state index in [2.05, 4.69) is 85.9 Å². The SMILES string of the molecule is Cc1cccc(NCc2ccc(OCc3cccc4ccccc34)c(Cl)c2)c1C. The molecule has 4 aromatic carbocycles. The monoisotopic (exact) mass is 401 g/mol. The lowest BCUT2D eigenvalue weighted by Crippen LogP contribution is -2.02. The molecule has 4 aromatic rings. The summed E-state index contributed by atoms with van der Waals surface area (Å²) in [6, 6.07) is 26.9. The zero-order valence-corrected chi connectivity index (χ0v) is 17.5. The summed E-state index contributed by atoms with van der Waals surface area (Å²) in [7, 11) is 0. The van der Waals surface area contributed by atoms with Gasteiger partial charge in [-0.2, -0.15) is 0 Å². The van der Waals surface area contributed by atoms with Crippen LogP contribution < -0.4 is 10.1 Å². The molecule has 0 aromatic heterocycles. The van der Waals surface area contributed by atoms with E-state index in [0.717, 1.165) is 16.8 Å². The molecule has 4 rings (SSSR count). The van der Waals surface area contributed by atoms with Crippen molar-refractivity contribution in [3.63, 3.8) is 0 Å². The first-order valence-electron chi connectivity index (χ1n) is 9.80. The van der Waals surface area contributed by atoms with E-state index in [4.69, 9.17) is 16.3 Å². The molecule has 0 heterocycles. The van der Waals surface area contributed by atoms with Crippen molar-refractivity contribution in [1.82, 2.24) is 0 Å². The van der Waals surface area contributed by atoms with Crippen molar-refractivity contribution in [3.05, 3.63) is 106 Å². The highest BCUT2D eigenvalue weighted by molar-refractivity contribution is 6.32. The van der Waals surface area contributed by atoms with Gasteiger partial charge in [-0.25, -0.2) is 0 Å². The molecule has 0 radical (unpaired) electrons. The maximum Gasteiger partial charge on any atom is 0.138 e. The van der Waals surface area contributed by atoms with Crippen LogP contribution in [0.15, 0.2) is 78.9 Å². The quantitative estimate of drug-likeness (QED) is 0.366. The van der Waals surface area contributed by atoms with Gasteiger partial charge in [0.25, 0.3) is 0 Å². The van der Waals surface area contributed by atoms with Gasteiger partial charge in [-0.3, -0.25) is 0 Å². The van der Waals surface area contributed by atoms with Gasteiger partial charge in [0, 0.05) is 12.2 Å². The highest BCUT2D eigenvalue weighted by Crippen LogP contribution is 2.28. The third-order valence-electron chi connectivity index (χ3n) is 5.35. The molecule has 0 aliphatic heterocycles. The average molecular weight is 402 g/mol. The fourth-order valence-electron chi connectivity index (χ4n) is 3.49. The lowest BCUT2D eigenvalue weighted by molar-refractivity contribution is 0.308. The van der Waals surface area contributed by atoms with Crippen LogP contribution in [-0.2, 0) is 13.2 Å². The average Bonchev–Trinajstić information content (AvgIpc) is 2.74. The molecule has 0 atom stereocenters. The highest BCUT2D eigenvalue weighted by atomic mass is 35.5. The number of nitrogens with one attached hydrogen (secondary N) is 1. The minimum Gasteiger partial charge on any atom is -0.487 e. The molecule has 0 spiro atoms. The van der Waals surface area contributed by atoms with E-state index in [-0.39, 0.29) is 0 Å². The zero-order valence-electron chi connectivity index (χ0n) is 16.7. The number of halogens is 1. The smallest absolute Gasteiger partial charge is 0.138 e. The largest absolute Gasteiger partial charge is 0.487 e. The van der Waals surface area contributed by atoms with E-state index in [1.165, 1.54) is 21.9 Å². The Hall–Kier alpha value is -2.97. The lowest BCUT2D eigenvalue weighted by atomic mass is 10.1. The first-order valence-corrected chi connectivity index (χ1v) is 10.2. The number of hydrogen-bond donors (Lipinski definition) is 1. The minimum absolute atomic E-state index is 0.487.